The summed E-state index contributed by atoms with van der Waals surface area (Å²) in [6.45, 7) is 4.70. The van der Waals surface area contributed by atoms with E-state index in [1.807, 2.05) is 24.3 Å². The first kappa shape index (κ1) is 14.0. The van der Waals surface area contributed by atoms with Crippen LogP contribution in [0.5, 0.6) is 11.5 Å². The van der Waals surface area contributed by atoms with Crippen molar-refractivity contribution in [2.75, 3.05) is 0 Å². The molecule has 0 bridgehead atoms. The number of aromatic nitrogens is 1. The number of benzene rings is 1. The molecule has 2 N–H and O–H groups in total. The Kier molecular flexibility index (Phi) is 4.56. The number of halogens is 1. The van der Waals surface area contributed by atoms with Gasteiger partial charge < -0.3 is 10.5 Å². The van der Waals surface area contributed by atoms with Crippen molar-refractivity contribution < 1.29 is 4.74 Å². The molecule has 0 aliphatic rings. The van der Waals surface area contributed by atoms with Crippen LogP contribution < -0.4 is 10.5 Å². The van der Waals surface area contributed by atoms with Gasteiger partial charge in [-0.25, -0.2) is 0 Å². The lowest BCUT2D eigenvalue weighted by atomic mass is 10.0. The van der Waals surface area contributed by atoms with Gasteiger partial charge in [-0.05, 0) is 35.7 Å². The van der Waals surface area contributed by atoms with Crippen LogP contribution in [-0.4, -0.2) is 4.98 Å². The van der Waals surface area contributed by atoms with Crippen LogP contribution in [0.2, 0.25) is 0 Å². The van der Waals surface area contributed by atoms with Crippen LogP contribution in [0.15, 0.2) is 41.0 Å². The molecule has 0 unspecified atom stereocenters. The second-order valence-electron chi connectivity index (χ2n) is 4.63. The van der Waals surface area contributed by atoms with Crippen LogP contribution in [-0.2, 0) is 6.54 Å². The van der Waals surface area contributed by atoms with Crippen LogP contribution in [0.4, 0.5) is 0 Å². The first-order valence-electron chi connectivity index (χ1n) is 6.22. The number of nitrogens with two attached hydrogens (primary N) is 1. The number of ether oxygens (including phenoxy) is 1. The van der Waals surface area contributed by atoms with Gasteiger partial charge in [0.05, 0.1) is 5.69 Å². The Morgan fingerprint density at radius 3 is 2.74 bits per heavy atom. The summed E-state index contributed by atoms with van der Waals surface area (Å²) in [7, 11) is 0. The lowest BCUT2D eigenvalue weighted by Crippen LogP contribution is -2.00. The van der Waals surface area contributed by atoms with Gasteiger partial charge in [-0.1, -0.05) is 29.8 Å². The van der Waals surface area contributed by atoms with Gasteiger partial charge in [-0.15, -0.1) is 0 Å². The molecule has 3 nitrogen and oxygen atoms in total. The molecular formula is C15H17BrN2O. The van der Waals surface area contributed by atoms with Gasteiger partial charge in [-0.2, -0.15) is 0 Å². The minimum Gasteiger partial charge on any atom is -0.457 e. The van der Waals surface area contributed by atoms with Gasteiger partial charge in [0.15, 0.2) is 0 Å². The van der Waals surface area contributed by atoms with Gasteiger partial charge in [0.25, 0.3) is 0 Å². The average Bonchev–Trinajstić information content (AvgIpc) is 2.41. The molecule has 1 aromatic heterocycles. The molecule has 0 spiro atoms. The zero-order valence-corrected chi connectivity index (χ0v) is 12.6. The maximum Gasteiger partial charge on any atom is 0.130 e. The van der Waals surface area contributed by atoms with Crippen LogP contribution in [0.1, 0.15) is 31.0 Å². The van der Waals surface area contributed by atoms with Crippen molar-refractivity contribution in [1.29, 1.82) is 0 Å². The number of rotatable bonds is 4. The number of nitrogens with zero attached hydrogens (tertiary/aromatic N) is 1. The van der Waals surface area contributed by atoms with E-state index >= 15 is 0 Å². The quantitative estimate of drug-likeness (QED) is 0.917. The first-order valence-corrected chi connectivity index (χ1v) is 7.01. The normalized spacial score (nSPS) is 10.8. The van der Waals surface area contributed by atoms with Gasteiger partial charge >= 0.3 is 0 Å². The molecule has 4 heteroatoms. The molecule has 2 aromatic rings. The Balaban J connectivity index is 2.32. The zero-order chi connectivity index (χ0) is 13.8. The zero-order valence-electron chi connectivity index (χ0n) is 11.1. The predicted molar refractivity (Wildman–Crippen MR) is 80.4 cm³/mol. The third kappa shape index (κ3) is 3.55. The molecule has 1 aromatic carbocycles. The summed E-state index contributed by atoms with van der Waals surface area (Å²) in [5.74, 6) is 2.02. The summed E-state index contributed by atoms with van der Waals surface area (Å²) < 4.78 is 7.01. The molecule has 0 saturated carbocycles. The van der Waals surface area contributed by atoms with Gasteiger partial charge in [0.2, 0.25) is 0 Å². The number of pyridine rings is 1. The number of hydrogen-bond donors (Lipinski definition) is 1. The molecule has 1 heterocycles. The second-order valence-corrected chi connectivity index (χ2v) is 5.54. The van der Waals surface area contributed by atoms with Crippen molar-refractivity contribution >= 4 is 15.9 Å². The molecule has 19 heavy (non-hydrogen) atoms. The summed E-state index contributed by atoms with van der Waals surface area (Å²) in [5, 5.41) is 0. The fourth-order valence-electron chi connectivity index (χ4n) is 1.82. The Morgan fingerprint density at radius 1 is 1.26 bits per heavy atom. The van der Waals surface area contributed by atoms with Crippen molar-refractivity contribution in [1.82, 2.24) is 4.98 Å². The molecule has 100 valence electrons. The molecule has 2 rings (SSSR count). The Hall–Kier alpha value is -1.39. The standard InChI is InChI=1S/C15H17BrN2O/c1-10(2)14-7-11(16)3-4-15(14)19-13-5-6-18-12(8-13)9-17/h3-8,10H,9,17H2,1-2H3. The number of hydrogen-bond acceptors (Lipinski definition) is 3. The van der Waals surface area contributed by atoms with E-state index in [4.69, 9.17) is 10.5 Å². The minimum absolute atomic E-state index is 0.392. The molecule has 0 atom stereocenters. The van der Waals surface area contributed by atoms with Gasteiger partial charge in [-0.3, -0.25) is 4.98 Å². The lowest BCUT2D eigenvalue weighted by molar-refractivity contribution is 0.471. The van der Waals surface area contributed by atoms with E-state index in [2.05, 4.69) is 40.8 Å². The highest BCUT2D eigenvalue weighted by atomic mass is 79.9. The van der Waals surface area contributed by atoms with E-state index < -0.39 is 0 Å². The third-order valence-electron chi connectivity index (χ3n) is 2.82. The second kappa shape index (κ2) is 6.17. The Labute approximate surface area is 121 Å². The van der Waals surface area contributed by atoms with Crippen LogP contribution in [0.3, 0.4) is 0 Å². The van der Waals surface area contributed by atoms with Crippen LogP contribution >= 0.6 is 15.9 Å². The highest BCUT2D eigenvalue weighted by Crippen LogP contribution is 2.32. The summed E-state index contributed by atoms with van der Waals surface area (Å²) in [5.41, 5.74) is 7.57. The van der Waals surface area contributed by atoms with E-state index in [1.165, 1.54) is 5.56 Å². The minimum atomic E-state index is 0.392. The Morgan fingerprint density at radius 2 is 2.05 bits per heavy atom. The molecule has 0 fully saturated rings. The largest absolute Gasteiger partial charge is 0.457 e. The van der Waals surface area contributed by atoms with Crippen molar-refractivity contribution in [2.45, 2.75) is 26.3 Å². The lowest BCUT2D eigenvalue weighted by Gasteiger charge is -2.14. The molecule has 0 aliphatic heterocycles. The molecule has 0 amide bonds. The van der Waals surface area contributed by atoms with Gasteiger partial charge in [0.1, 0.15) is 11.5 Å². The fraction of sp³-hybridized carbons (Fsp3) is 0.267. The van der Waals surface area contributed by atoms with E-state index in [0.29, 0.717) is 12.5 Å². The van der Waals surface area contributed by atoms with Gasteiger partial charge in [0, 0.05) is 23.3 Å². The highest BCUT2D eigenvalue weighted by molar-refractivity contribution is 9.10. The van der Waals surface area contributed by atoms with E-state index in [1.54, 1.807) is 6.20 Å². The molecule has 0 radical (unpaired) electrons. The predicted octanol–water partition coefficient (Wildman–Crippen LogP) is 4.22. The smallest absolute Gasteiger partial charge is 0.130 e. The van der Waals surface area contributed by atoms with Crippen molar-refractivity contribution in [3.63, 3.8) is 0 Å². The maximum absolute atomic E-state index is 5.95. The highest BCUT2D eigenvalue weighted by Gasteiger charge is 2.09. The first-order chi connectivity index (χ1) is 9.10. The van der Waals surface area contributed by atoms with Crippen LogP contribution in [0, 0.1) is 0 Å². The average molecular weight is 321 g/mol. The third-order valence-corrected chi connectivity index (χ3v) is 3.31. The Bertz CT molecular complexity index is 570. The maximum atomic E-state index is 5.95. The van der Waals surface area contributed by atoms with E-state index in [0.717, 1.165) is 21.7 Å². The molecule has 0 saturated heterocycles. The van der Waals surface area contributed by atoms with Crippen molar-refractivity contribution in [2.24, 2.45) is 5.73 Å². The van der Waals surface area contributed by atoms with Crippen molar-refractivity contribution in [3.8, 4) is 11.5 Å². The molecular weight excluding hydrogens is 304 g/mol. The van der Waals surface area contributed by atoms with E-state index in [-0.39, 0.29) is 0 Å². The van der Waals surface area contributed by atoms with E-state index in [9.17, 15) is 0 Å². The fourth-order valence-corrected chi connectivity index (χ4v) is 2.20. The summed E-state index contributed by atoms with van der Waals surface area (Å²) in [4.78, 5) is 4.16. The van der Waals surface area contributed by atoms with Crippen molar-refractivity contribution in [3.05, 3.63) is 52.3 Å². The SMILES string of the molecule is CC(C)c1cc(Br)ccc1Oc1ccnc(CN)c1. The van der Waals surface area contributed by atoms with Crippen LogP contribution in [0.25, 0.3) is 0 Å². The summed E-state index contributed by atoms with van der Waals surface area (Å²) in [6.07, 6.45) is 1.71. The monoisotopic (exact) mass is 320 g/mol. The molecule has 0 aliphatic carbocycles. The summed E-state index contributed by atoms with van der Waals surface area (Å²) in [6, 6.07) is 9.75. The topological polar surface area (TPSA) is 48.1 Å². The summed E-state index contributed by atoms with van der Waals surface area (Å²) >= 11 is 3.49.